The Kier molecular flexibility index (Phi) is 8.04. The summed E-state index contributed by atoms with van der Waals surface area (Å²) in [5.74, 6) is 1.000. The number of benzene rings is 2. The van der Waals surface area contributed by atoms with Crippen LogP contribution in [0, 0.1) is 0 Å². The molecule has 182 valence electrons. The fourth-order valence-corrected chi connectivity index (χ4v) is 4.67. The van der Waals surface area contributed by atoms with Gasteiger partial charge in [0.1, 0.15) is 10.8 Å². The van der Waals surface area contributed by atoms with E-state index in [1.165, 1.54) is 18.9 Å². The summed E-state index contributed by atoms with van der Waals surface area (Å²) in [5, 5.41) is 3.48. The molecule has 9 nitrogen and oxygen atoms in total. The Hall–Kier alpha value is -3.79. The number of carbonyl (C=O) groups excluding carboxylic acids is 2. The molecule has 4 rings (SSSR count). The van der Waals surface area contributed by atoms with Gasteiger partial charge in [-0.05, 0) is 24.3 Å². The number of methoxy groups -OCH3 is 2. The van der Waals surface area contributed by atoms with Crippen molar-refractivity contribution in [1.82, 2.24) is 9.97 Å². The molecule has 1 amide bonds. The molecule has 3 aromatic rings. The van der Waals surface area contributed by atoms with E-state index in [-0.39, 0.29) is 11.7 Å². The van der Waals surface area contributed by atoms with Gasteiger partial charge in [0.2, 0.25) is 5.91 Å². The third-order valence-electron chi connectivity index (χ3n) is 5.60. The molecule has 1 aromatic heterocycles. The molecule has 1 N–H and O–H groups in total. The molecule has 35 heavy (non-hydrogen) atoms. The van der Waals surface area contributed by atoms with Gasteiger partial charge in [0, 0.05) is 38.6 Å². The third-order valence-corrected chi connectivity index (χ3v) is 6.57. The van der Waals surface area contributed by atoms with Gasteiger partial charge in [0.25, 0.3) is 0 Å². The molecule has 1 aliphatic heterocycles. The van der Waals surface area contributed by atoms with Crippen LogP contribution < -0.4 is 19.9 Å². The van der Waals surface area contributed by atoms with Gasteiger partial charge in [0.15, 0.2) is 5.82 Å². The van der Waals surface area contributed by atoms with Crippen LogP contribution in [0.3, 0.4) is 0 Å². The molecular weight excluding hydrogens is 466 g/mol. The van der Waals surface area contributed by atoms with Gasteiger partial charge in [-0.2, -0.15) is 0 Å². The topological polar surface area (TPSA) is 96.9 Å². The van der Waals surface area contributed by atoms with Crippen LogP contribution in [0.5, 0.6) is 5.75 Å². The molecule has 0 bridgehead atoms. The minimum absolute atomic E-state index is 0.127. The lowest BCUT2D eigenvalue weighted by atomic mass is 10.2. The van der Waals surface area contributed by atoms with Crippen molar-refractivity contribution in [1.29, 1.82) is 0 Å². The van der Waals surface area contributed by atoms with E-state index in [4.69, 9.17) is 9.47 Å². The lowest BCUT2D eigenvalue weighted by molar-refractivity contribution is -0.113. The van der Waals surface area contributed by atoms with Gasteiger partial charge < -0.3 is 24.6 Å². The number of para-hydroxylation sites is 3. The standard InChI is InChI=1S/C25H27N5O4S/c1-33-21-10-6-5-9-20(21)29-13-15-30(16-14-29)23-24(27-12-11-26-23)35-17-22(31)28-19-8-4-3-7-18(19)25(32)34-2/h3-12H,13-17H2,1-2H3,(H,28,31). The number of amides is 1. The van der Waals surface area contributed by atoms with Crippen LogP contribution in [0.1, 0.15) is 10.4 Å². The number of nitrogens with one attached hydrogen (secondary N) is 1. The summed E-state index contributed by atoms with van der Waals surface area (Å²) in [4.78, 5) is 38.1. The molecular formula is C25H27N5O4S. The molecule has 0 atom stereocenters. The normalized spacial score (nSPS) is 13.3. The number of ether oxygens (including phenoxy) is 2. The largest absolute Gasteiger partial charge is 0.495 e. The van der Waals surface area contributed by atoms with E-state index in [0.29, 0.717) is 16.3 Å². The van der Waals surface area contributed by atoms with E-state index in [2.05, 4.69) is 31.2 Å². The van der Waals surface area contributed by atoms with Crippen molar-refractivity contribution in [2.75, 3.05) is 61.3 Å². The lowest BCUT2D eigenvalue weighted by Crippen LogP contribution is -2.47. The van der Waals surface area contributed by atoms with Crippen LogP contribution in [0.15, 0.2) is 66.0 Å². The van der Waals surface area contributed by atoms with Crippen LogP contribution in [0.2, 0.25) is 0 Å². The quantitative estimate of drug-likeness (QED) is 0.374. The highest BCUT2D eigenvalue weighted by Gasteiger charge is 2.23. The van der Waals surface area contributed by atoms with E-state index in [1.54, 1.807) is 43.8 Å². The molecule has 1 aliphatic rings. The van der Waals surface area contributed by atoms with E-state index >= 15 is 0 Å². The monoisotopic (exact) mass is 493 g/mol. The van der Waals surface area contributed by atoms with E-state index in [1.807, 2.05) is 18.2 Å². The summed E-state index contributed by atoms with van der Waals surface area (Å²) < 4.78 is 10.3. The van der Waals surface area contributed by atoms with Crippen LogP contribution in [0.25, 0.3) is 0 Å². The van der Waals surface area contributed by atoms with Crippen molar-refractivity contribution in [2.24, 2.45) is 0 Å². The van der Waals surface area contributed by atoms with E-state index < -0.39 is 5.97 Å². The van der Waals surface area contributed by atoms with Crippen molar-refractivity contribution in [3.05, 3.63) is 66.5 Å². The Bertz CT molecular complexity index is 1180. The smallest absolute Gasteiger partial charge is 0.339 e. The van der Waals surface area contributed by atoms with E-state index in [0.717, 1.165) is 43.4 Å². The Morgan fingerprint density at radius 3 is 2.40 bits per heavy atom. The number of hydrogen-bond acceptors (Lipinski definition) is 9. The highest BCUT2D eigenvalue weighted by molar-refractivity contribution is 8.00. The molecule has 1 fully saturated rings. The van der Waals surface area contributed by atoms with Crippen LogP contribution in [-0.4, -0.2) is 68.0 Å². The number of hydrogen-bond donors (Lipinski definition) is 1. The first-order chi connectivity index (χ1) is 17.1. The number of thioether (sulfide) groups is 1. The summed E-state index contributed by atoms with van der Waals surface area (Å²) in [6, 6.07) is 14.8. The Balaban J connectivity index is 1.38. The van der Waals surface area contributed by atoms with Crippen LogP contribution >= 0.6 is 11.8 Å². The Morgan fingerprint density at radius 1 is 0.943 bits per heavy atom. The zero-order valence-electron chi connectivity index (χ0n) is 19.6. The number of esters is 1. The van der Waals surface area contributed by atoms with Gasteiger partial charge in [-0.15, -0.1) is 0 Å². The second-order valence-corrected chi connectivity index (χ2v) is 8.67. The average molecular weight is 494 g/mol. The molecule has 2 heterocycles. The second-order valence-electron chi connectivity index (χ2n) is 7.71. The maximum Gasteiger partial charge on any atom is 0.339 e. The fourth-order valence-electron chi connectivity index (χ4n) is 3.89. The van der Waals surface area contributed by atoms with Crippen LogP contribution in [-0.2, 0) is 9.53 Å². The highest BCUT2D eigenvalue weighted by Crippen LogP contribution is 2.31. The molecule has 1 saturated heterocycles. The molecule has 0 spiro atoms. The number of anilines is 3. The SMILES string of the molecule is COC(=O)c1ccccc1NC(=O)CSc1nccnc1N1CCN(c2ccccc2OC)CC1. The predicted octanol–water partition coefficient (Wildman–Crippen LogP) is 3.33. The number of piperazine rings is 1. The summed E-state index contributed by atoms with van der Waals surface area (Å²) in [6.45, 7) is 3.16. The minimum atomic E-state index is -0.503. The molecule has 0 aliphatic carbocycles. The van der Waals surface area contributed by atoms with Crippen molar-refractivity contribution in [3.63, 3.8) is 0 Å². The zero-order valence-corrected chi connectivity index (χ0v) is 20.5. The molecule has 10 heteroatoms. The van der Waals surface area contributed by atoms with Gasteiger partial charge >= 0.3 is 5.97 Å². The van der Waals surface area contributed by atoms with Gasteiger partial charge in [-0.25, -0.2) is 14.8 Å². The number of rotatable bonds is 8. The molecule has 0 unspecified atom stereocenters. The maximum atomic E-state index is 12.6. The first-order valence-corrected chi connectivity index (χ1v) is 12.1. The van der Waals surface area contributed by atoms with Crippen molar-refractivity contribution < 1.29 is 19.1 Å². The zero-order chi connectivity index (χ0) is 24.6. The van der Waals surface area contributed by atoms with Gasteiger partial charge in [-0.3, -0.25) is 4.79 Å². The number of nitrogens with zero attached hydrogens (tertiary/aromatic N) is 4. The fraction of sp³-hybridized carbons (Fsp3) is 0.280. The van der Waals surface area contributed by atoms with Gasteiger partial charge in [-0.1, -0.05) is 36.0 Å². The summed E-state index contributed by atoms with van der Waals surface area (Å²) in [6.07, 6.45) is 3.29. The second kappa shape index (κ2) is 11.6. The first kappa shape index (κ1) is 24.3. The number of aromatic nitrogens is 2. The highest BCUT2D eigenvalue weighted by atomic mass is 32.2. The molecule has 2 aromatic carbocycles. The maximum absolute atomic E-state index is 12.6. The van der Waals surface area contributed by atoms with Gasteiger partial charge in [0.05, 0.1) is 36.9 Å². The third kappa shape index (κ3) is 5.83. The number of carbonyl (C=O) groups is 2. The predicted molar refractivity (Wildman–Crippen MR) is 137 cm³/mol. The molecule has 0 saturated carbocycles. The molecule has 0 radical (unpaired) electrons. The first-order valence-electron chi connectivity index (χ1n) is 11.1. The van der Waals surface area contributed by atoms with Crippen molar-refractivity contribution >= 4 is 40.8 Å². The average Bonchev–Trinajstić information content (AvgIpc) is 2.92. The van der Waals surface area contributed by atoms with Crippen molar-refractivity contribution in [2.45, 2.75) is 5.03 Å². The minimum Gasteiger partial charge on any atom is -0.495 e. The Morgan fingerprint density at radius 2 is 1.63 bits per heavy atom. The van der Waals surface area contributed by atoms with E-state index in [9.17, 15) is 9.59 Å². The summed E-state index contributed by atoms with van der Waals surface area (Å²) >= 11 is 1.31. The summed E-state index contributed by atoms with van der Waals surface area (Å²) in [7, 11) is 2.99. The van der Waals surface area contributed by atoms with Crippen molar-refractivity contribution in [3.8, 4) is 5.75 Å². The summed E-state index contributed by atoms with van der Waals surface area (Å²) in [5.41, 5.74) is 1.80. The Labute approximate surface area is 208 Å². The lowest BCUT2D eigenvalue weighted by Gasteiger charge is -2.37. The van der Waals surface area contributed by atoms with Crippen LogP contribution in [0.4, 0.5) is 17.2 Å².